The molecule has 2 aromatic rings. The summed E-state index contributed by atoms with van der Waals surface area (Å²) in [5.74, 6) is 0.387. The van der Waals surface area contributed by atoms with Gasteiger partial charge in [-0.2, -0.15) is 0 Å². The lowest BCUT2D eigenvalue weighted by molar-refractivity contribution is -0.118. The molecule has 1 saturated heterocycles. The van der Waals surface area contributed by atoms with Gasteiger partial charge in [-0.15, -0.1) is 21.5 Å². The van der Waals surface area contributed by atoms with Crippen molar-refractivity contribution in [2.45, 2.75) is 24.1 Å². The Balaban J connectivity index is 1.46. The van der Waals surface area contributed by atoms with Crippen LogP contribution in [0.5, 0.6) is 0 Å². The predicted octanol–water partition coefficient (Wildman–Crippen LogP) is 1.44. The van der Waals surface area contributed by atoms with E-state index in [1.165, 1.54) is 0 Å². The van der Waals surface area contributed by atoms with Crippen LogP contribution in [0.25, 0.3) is 0 Å². The van der Waals surface area contributed by atoms with E-state index in [9.17, 15) is 13.2 Å². The lowest BCUT2D eigenvalue weighted by Crippen LogP contribution is -2.24. The molecule has 1 aliphatic heterocycles. The van der Waals surface area contributed by atoms with E-state index in [4.69, 9.17) is 4.42 Å². The molecule has 1 atom stereocenters. The van der Waals surface area contributed by atoms with Gasteiger partial charge in [0.2, 0.25) is 11.8 Å². The zero-order valence-electron chi connectivity index (χ0n) is 12.1. The van der Waals surface area contributed by atoms with Crippen molar-refractivity contribution in [1.82, 2.24) is 15.5 Å². The topological polar surface area (TPSA) is 102 Å². The number of nitrogens with one attached hydrogen (secondary N) is 1. The van der Waals surface area contributed by atoms with Gasteiger partial charge in [-0.25, -0.2) is 8.42 Å². The molecular weight excluding hydrogens is 358 g/mol. The first kappa shape index (κ1) is 16.5. The molecule has 1 N–H and O–H groups in total. The lowest BCUT2D eigenvalue weighted by atomic mass is 10.1. The van der Waals surface area contributed by atoms with Gasteiger partial charge in [0.25, 0.3) is 5.22 Å². The fraction of sp³-hybridized carbons (Fsp3) is 0.462. The average molecular weight is 373 g/mol. The third-order valence-electron chi connectivity index (χ3n) is 3.37. The van der Waals surface area contributed by atoms with Crippen molar-refractivity contribution >= 4 is 38.8 Å². The summed E-state index contributed by atoms with van der Waals surface area (Å²) in [6.45, 7) is 0.506. The van der Waals surface area contributed by atoms with E-state index in [1.54, 1.807) is 11.3 Å². The second-order valence-electron chi connectivity index (χ2n) is 5.15. The van der Waals surface area contributed by atoms with Crippen LogP contribution in [-0.4, -0.2) is 41.8 Å². The van der Waals surface area contributed by atoms with Crippen LogP contribution in [0.15, 0.2) is 27.2 Å². The summed E-state index contributed by atoms with van der Waals surface area (Å²) >= 11 is 2.73. The van der Waals surface area contributed by atoms with Crippen molar-refractivity contribution in [3.63, 3.8) is 0 Å². The number of aromatic nitrogens is 2. The fourth-order valence-electron chi connectivity index (χ4n) is 2.21. The van der Waals surface area contributed by atoms with E-state index in [2.05, 4.69) is 15.5 Å². The monoisotopic (exact) mass is 373 g/mol. The van der Waals surface area contributed by atoms with E-state index >= 15 is 0 Å². The molecule has 0 spiro atoms. The second-order valence-corrected chi connectivity index (χ2v) is 9.34. The number of thiophene rings is 1. The second kappa shape index (κ2) is 7.02. The first-order valence-electron chi connectivity index (χ1n) is 6.97. The molecule has 0 aliphatic carbocycles. The van der Waals surface area contributed by atoms with Gasteiger partial charge in [0.1, 0.15) is 0 Å². The number of hydrogen-bond acceptors (Lipinski definition) is 8. The molecule has 1 aliphatic rings. The van der Waals surface area contributed by atoms with Crippen molar-refractivity contribution in [1.29, 1.82) is 0 Å². The molecule has 0 bridgehead atoms. The highest BCUT2D eigenvalue weighted by Gasteiger charge is 2.32. The van der Waals surface area contributed by atoms with Gasteiger partial charge in [-0.05, 0) is 17.9 Å². The Hall–Kier alpha value is -1.39. The number of carbonyl (C=O) groups excluding carboxylic acids is 1. The molecule has 3 rings (SSSR count). The molecule has 1 fully saturated rings. The van der Waals surface area contributed by atoms with E-state index in [0.717, 1.165) is 16.6 Å². The van der Waals surface area contributed by atoms with E-state index in [1.807, 2.05) is 17.5 Å². The molecular formula is C13H15N3O4S3. The lowest BCUT2D eigenvalue weighted by Gasteiger charge is -2.01. The maximum absolute atomic E-state index is 11.8. The molecule has 10 heteroatoms. The Morgan fingerprint density at radius 3 is 3.04 bits per heavy atom. The molecule has 2 aromatic heterocycles. The smallest absolute Gasteiger partial charge is 0.277 e. The van der Waals surface area contributed by atoms with Crippen LogP contribution in [0, 0.1) is 0 Å². The minimum absolute atomic E-state index is 0.0562. The first-order valence-corrected chi connectivity index (χ1v) is 10.7. The summed E-state index contributed by atoms with van der Waals surface area (Å²) in [4.78, 5) is 12.9. The van der Waals surface area contributed by atoms with Crippen LogP contribution in [0.2, 0.25) is 0 Å². The number of sulfone groups is 1. The van der Waals surface area contributed by atoms with Gasteiger partial charge in [0.15, 0.2) is 9.84 Å². The standard InChI is InChI=1S/C13H15N3O4S3/c17-11(14-6-10-2-1-4-21-10)7-22-13-16-15-12(20-13)9-3-5-23(18,19)8-9/h1-2,4,9H,3,5-8H2,(H,14,17). The highest BCUT2D eigenvalue weighted by Crippen LogP contribution is 2.29. The predicted molar refractivity (Wildman–Crippen MR) is 87.2 cm³/mol. The summed E-state index contributed by atoms with van der Waals surface area (Å²) in [6, 6.07) is 3.89. The molecule has 0 aromatic carbocycles. The van der Waals surface area contributed by atoms with Crippen molar-refractivity contribution in [3.8, 4) is 0 Å². The number of carbonyl (C=O) groups is 1. The van der Waals surface area contributed by atoms with Gasteiger partial charge in [0.05, 0.1) is 29.7 Å². The SMILES string of the molecule is O=C(CSc1nnc(C2CCS(=O)(=O)C2)o1)NCc1cccs1. The van der Waals surface area contributed by atoms with Crippen LogP contribution in [0.3, 0.4) is 0 Å². The first-order chi connectivity index (χ1) is 11.0. The zero-order chi connectivity index (χ0) is 16.3. The molecule has 3 heterocycles. The molecule has 23 heavy (non-hydrogen) atoms. The Morgan fingerprint density at radius 2 is 2.35 bits per heavy atom. The van der Waals surface area contributed by atoms with E-state index in [0.29, 0.717) is 18.9 Å². The Labute approximate surface area is 141 Å². The number of thioether (sulfide) groups is 1. The van der Waals surface area contributed by atoms with Gasteiger partial charge in [-0.1, -0.05) is 17.8 Å². The van der Waals surface area contributed by atoms with Crippen molar-refractivity contribution in [2.24, 2.45) is 0 Å². The Kier molecular flexibility index (Phi) is 5.02. The quantitative estimate of drug-likeness (QED) is 0.764. The number of hydrogen-bond donors (Lipinski definition) is 1. The molecule has 0 radical (unpaired) electrons. The Morgan fingerprint density at radius 1 is 1.48 bits per heavy atom. The zero-order valence-corrected chi connectivity index (χ0v) is 14.5. The summed E-state index contributed by atoms with van der Waals surface area (Å²) in [5, 5.41) is 12.8. The van der Waals surface area contributed by atoms with Crippen molar-refractivity contribution < 1.29 is 17.6 Å². The number of amides is 1. The van der Waals surface area contributed by atoms with Crippen LogP contribution in [0.1, 0.15) is 23.1 Å². The van der Waals surface area contributed by atoms with Crippen LogP contribution >= 0.6 is 23.1 Å². The van der Waals surface area contributed by atoms with Gasteiger partial charge >= 0.3 is 0 Å². The van der Waals surface area contributed by atoms with E-state index in [-0.39, 0.29) is 34.3 Å². The van der Waals surface area contributed by atoms with Gasteiger partial charge in [-0.3, -0.25) is 4.79 Å². The highest BCUT2D eigenvalue weighted by atomic mass is 32.2. The van der Waals surface area contributed by atoms with Crippen LogP contribution in [0.4, 0.5) is 0 Å². The molecule has 0 saturated carbocycles. The fourth-order valence-corrected chi connectivity index (χ4v) is 5.19. The molecule has 124 valence electrons. The number of rotatable bonds is 6. The van der Waals surface area contributed by atoms with Gasteiger partial charge in [0, 0.05) is 4.88 Å². The normalized spacial score (nSPS) is 19.7. The highest BCUT2D eigenvalue weighted by molar-refractivity contribution is 7.99. The maximum atomic E-state index is 11.8. The maximum Gasteiger partial charge on any atom is 0.277 e. The minimum atomic E-state index is -2.99. The third-order valence-corrected chi connectivity index (χ3v) is 6.83. The average Bonchev–Trinajstić information content (AvgIpc) is 3.23. The third kappa shape index (κ3) is 4.55. The van der Waals surface area contributed by atoms with Crippen molar-refractivity contribution in [3.05, 3.63) is 28.3 Å². The van der Waals surface area contributed by atoms with Crippen LogP contribution in [-0.2, 0) is 21.2 Å². The summed E-state index contributed by atoms with van der Waals surface area (Å²) in [5.41, 5.74) is 0. The summed E-state index contributed by atoms with van der Waals surface area (Å²) in [6.07, 6.45) is 0.510. The summed E-state index contributed by atoms with van der Waals surface area (Å²) < 4.78 is 28.4. The summed E-state index contributed by atoms with van der Waals surface area (Å²) in [7, 11) is -2.99. The molecule has 7 nitrogen and oxygen atoms in total. The Bertz CT molecular complexity index is 770. The van der Waals surface area contributed by atoms with E-state index < -0.39 is 9.84 Å². The largest absolute Gasteiger partial charge is 0.416 e. The minimum Gasteiger partial charge on any atom is -0.416 e. The van der Waals surface area contributed by atoms with Crippen LogP contribution < -0.4 is 5.32 Å². The van der Waals surface area contributed by atoms with Crippen molar-refractivity contribution in [2.75, 3.05) is 17.3 Å². The molecule has 1 amide bonds. The molecule has 1 unspecified atom stereocenters. The van der Waals surface area contributed by atoms with Gasteiger partial charge < -0.3 is 9.73 Å². The number of nitrogens with zero attached hydrogens (tertiary/aromatic N) is 2.